The van der Waals surface area contributed by atoms with E-state index in [9.17, 15) is 39.6 Å². The maximum absolute atomic E-state index is 12.0. The first-order valence-electron chi connectivity index (χ1n) is 47.6. The molecule has 2 saturated heterocycles. The van der Waals surface area contributed by atoms with Crippen molar-refractivity contribution >= 4 is 69.4 Å². The molecule has 1 aliphatic carbocycles. The highest BCUT2D eigenvalue weighted by Gasteiger charge is 2.27. The Kier molecular flexibility index (Phi) is 49.5. The first kappa shape index (κ1) is 105. The third-order valence-corrected chi connectivity index (χ3v) is 22.1. The minimum absolute atomic E-state index is 0.249. The number of rotatable bonds is 48. The van der Waals surface area contributed by atoms with Gasteiger partial charge in [-0.3, -0.25) is 0 Å². The van der Waals surface area contributed by atoms with Crippen molar-refractivity contribution in [3.05, 3.63) is 252 Å². The smallest absolute Gasteiger partial charge is 0.335 e. The van der Waals surface area contributed by atoms with Gasteiger partial charge in [0.05, 0.1) is 67.8 Å². The Balaban J connectivity index is 0.000000228. The van der Waals surface area contributed by atoms with E-state index in [-0.39, 0.29) is 22.3 Å². The summed E-state index contributed by atoms with van der Waals surface area (Å²) in [5.41, 5.74) is 9.41. The Morgan fingerprint density at radius 3 is 0.792 bits per heavy atom. The number of unbranched alkanes of at least 4 members (excludes halogenated alkanes) is 8. The van der Waals surface area contributed by atoms with Gasteiger partial charge in [-0.05, 0) is 218 Å². The van der Waals surface area contributed by atoms with Crippen LogP contribution in [0.5, 0.6) is 46.0 Å². The van der Waals surface area contributed by atoms with Gasteiger partial charge in [0, 0.05) is 79.5 Å². The predicted molar refractivity (Wildman–Crippen MR) is 540 cm³/mol. The van der Waals surface area contributed by atoms with Crippen LogP contribution in [0.3, 0.4) is 0 Å². The number of carboxylic acid groups (broad SMARTS) is 4. The van der Waals surface area contributed by atoms with Crippen molar-refractivity contribution in [2.45, 2.75) is 203 Å². The minimum atomic E-state index is -0.948. The molecule has 0 radical (unpaired) electrons. The highest BCUT2D eigenvalue weighted by atomic mass is 16.5. The molecule has 9 aromatic carbocycles. The molecule has 10 N–H and O–H groups in total. The molecule has 12 rings (SSSR count). The number of nitrogens with zero attached hydrogens (tertiary/aromatic N) is 4. The summed E-state index contributed by atoms with van der Waals surface area (Å²) < 4.78 is 25.2. The van der Waals surface area contributed by atoms with E-state index in [4.69, 9.17) is 18.9 Å². The number of carbonyl (C=O) groups is 4. The van der Waals surface area contributed by atoms with Crippen LogP contribution in [0.15, 0.2) is 224 Å². The number of aromatic carboxylic acids is 4. The fraction of sp³-hybridized carbons (Fsp3) is 0.426. The summed E-state index contributed by atoms with van der Waals surface area (Å²) in [5.74, 6) is 1.81. The molecule has 702 valence electrons. The zero-order valence-corrected chi connectivity index (χ0v) is 79.1. The summed E-state index contributed by atoms with van der Waals surface area (Å²) in [5, 5.41) is 58.4. The Morgan fingerprint density at radius 1 is 0.323 bits per heavy atom. The molecule has 9 aromatic rings. The normalized spacial score (nSPS) is 12.2. The molecule has 0 bridgehead atoms. The zero-order valence-electron chi connectivity index (χ0n) is 79.1. The van der Waals surface area contributed by atoms with Crippen molar-refractivity contribution in [3.8, 4) is 46.0 Å². The van der Waals surface area contributed by atoms with Gasteiger partial charge in [0.25, 0.3) is 0 Å². The van der Waals surface area contributed by atoms with Gasteiger partial charge < -0.3 is 90.9 Å². The lowest BCUT2D eigenvalue weighted by atomic mass is 10.1. The largest absolute Gasteiger partial charge is 0.478 e. The lowest BCUT2D eigenvalue weighted by molar-refractivity contribution is 0.0686. The monoisotopic (exact) mass is 1780 g/mol. The second-order valence-electron chi connectivity index (χ2n) is 32.6. The van der Waals surface area contributed by atoms with Gasteiger partial charge in [0.15, 0.2) is 23.0 Å². The van der Waals surface area contributed by atoms with Gasteiger partial charge in [-0.2, -0.15) is 0 Å². The first-order valence-corrected chi connectivity index (χ1v) is 47.6. The number of hydrogen-bond acceptors (Lipinski definition) is 18. The number of nitrogens with one attached hydrogen (secondary N) is 6. The van der Waals surface area contributed by atoms with Crippen molar-refractivity contribution in [1.82, 2.24) is 10.6 Å². The van der Waals surface area contributed by atoms with Crippen LogP contribution in [0.1, 0.15) is 244 Å². The van der Waals surface area contributed by atoms with Gasteiger partial charge in [-0.15, -0.1) is 0 Å². The highest BCUT2D eigenvalue weighted by molar-refractivity contribution is 5.96. The van der Waals surface area contributed by atoms with Crippen molar-refractivity contribution in [3.63, 3.8) is 0 Å². The number of ether oxygens (including phenoxy) is 4. The Labute approximate surface area is 775 Å². The molecule has 3 aliphatic rings. The zero-order chi connectivity index (χ0) is 93.3. The van der Waals surface area contributed by atoms with Crippen LogP contribution < -0.4 is 70.4 Å². The average molecular weight is 1780 g/mol. The van der Waals surface area contributed by atoms with Crippen molar-refractivity contribution in [1.29, 1.82) is 0 Å². The van der Waals surface area contributed by atoms with Gasteiger partial charge in [-0.25, -0.2) is 19.2 Å². The Bertz CT molecular complexity index is 4610. The number of piperidine rings is 1. The molecule has 0 amide bonds. The third kappa shape index (κ3) is 36.8. The quantitative estimate of drug-likeness (QED) is 0.0170. The maximum atomic E-state index is 12.0. The van der Waals surface area contributed by atoms with Crippen molar-refractivity contribution in [2.24, 2.45) is 0 Å². The van der Waals surface area contributed by atoms with Crippen LogP contribution in [0.2, 0.25) is 0 Å². The molecule has 0 atom stereocenters. The van der Waals surface area contributed by atoms with Crippen LogP contribution in [-0.2, 0) is 6.54 Å². The number of para-hydroxylation sites is 4. The second kappa shape index (κ2) is 61.4. The average Bonchev–Trinajstić information content (AvgIpc) is 0.886. The molecule has 0 spiro atoms. The van der Waals surface area contributed by atoms with E-state index in [0.717, 1.165) is 213 Å². The molecule has 0 saturated carbocycles. The van der Waals surface area contributed by atoms with Crippen LogP contribution in [0.25, 0.3) is 0 Å². The number of anilines is 8. The Morgan fingerprint density at radius 2 is 0.569 bits per heavy atom. The first-order chi connectivity index (χ1) is 63.4. The topological polar surface area (TPSA) is 271 Å². The number of allylic oxidation sites excluding steroid dienone is 3. The molecule has 22 nitrogen and oxygen atoms in total. The summed E-state index contributed by atoms with van der Waals surface area (Å²) in [4.78, 5) is 56.3. The fourth-order valence-corrected chi connectivity index (χ4v) is 14.6. The molecular weight excluding hydrogens is 1630 g/mol. The summed E-state index contributed by atoms with van der Waals surface area (Å²) in [7, 11) is 3.57. The third-order valence-electron chi connectivity index (χ3n) is 22.1. The summed E-state index contributed by atoms with van der Waals surface area (Å²) in [6.07, 6.45) is 31.0. The predicted octanol–water partition coefficient (Wildman–Crippen LogP) is 26.5. The minimum Gasteiger partial charge on any atom is -0.478 e. The number of hydrogen-bond donors (Lipinski definition) is 10. The lowest BCUT2D eigenvalue weighted by Crippen LogP contribution is -2.26. The van der Waals surface area contributed by atoms with Crippen LogP contribution >= 0.6 is 0 Å². The van der Waals surface area contributed by atoms with E-state index in [1.807, 2.05) is 152 Å². The molecule has 0 unspecified atom stereocenters. The fourth-order valence-electron chi connectivity index (χ4n) is 14.6. The molecule has 130 heavy (non-hydrogen) atoms. The van der Waals surface area contributed by atoms with E-state index in [1.54, 1.807) is 62.6 Å². The molecule has 0 aromatic heterocycles. The van der Waals surface area contributed by atoms with Crippen molar-refractivity contribution in [2.75, 3.05) is 140 Å². The van der Waals surface area contributed by atoms with Gasteiger partial charge in [0.1, 0.15) is 23.0 Å². The molecule has 2 aliphatic heterocycles. The summed E-state index contributed by atoms with van der Waals surface area (Å²) in [6, 6.07) is 62.1. The van der Waals surface area contributed by atoms with E-state index in [0.29, 0.717) is 58.8 Å². The van der Waals surface area contributed by atoms with Gasteiger partial charge in [-0.1, -0.05) is 235 Å². The summed E-state index contributed by atoms with van der Waals surface area (Å²) in [6.45, 7) is 30.4. The van der Waals surface area contributed by atoms with E-state index in [1.165, 1.54) is 63.9 Å². The standard InChI is InChI=1S/C28H34N2O3.C27H34N2O3.2C22H30N2O3.C5H11N.C4H9N/c1-3-5-17-30(18-6-4-2)26-20-23(28(31)32)19-25(29-21-22-13-9-7-10-14-22)27(26)33-24-15-11-8-12-16-24;1-3-5-16-29(17-6-4-2)25-19-22(27(30)31)18-24(28-20-21-12-10-11-13-21)26(25)32-23-14-8-7-9-15-23;2*1-4-6-13-24(14-7-5-2)20-16-17(22(25)26)15-19(23-3)21(20)27-18-11-9-8-10-12-18;1-2-4-6-5-3-1;1-2-4-5-3-1/h7-16,19-20,29H,3-6,17-18,21H2,1-2H3,(H,31,32);7-12,14-15,18-19,28H,3-6,13,16-17,20H2,1-2H3,(H,30,31);2*8-12,15-16,23H,4-7,13-14H2,1-3H3,(H,25,26);6H,1-5H2;5H,1-4H2. The second-order valence-corrected chi connectivity index (χ2v) is 32.6. The molecule has 2 heterocycles. The van der Waals surface area contributed by atoms with Crippen LogP contribution in [-0.4, -0.2) is 143 Å². The number of carboxylic acids is 4. The van der Waals surface area contributed by atoms with E-state index in [2.05, 4.69) is 125 Å². The Hall–Kier alpha value is -12.1. The SMILES string of the molecule is C1CCNC1.C1CCNCC1.CCCCN(CCCC)c1cc(C(=O)O)cc(NC)c1Oc1ccccc1.CCCCN(CCCC)c1cc(C(=O)O)cc(NC)c1Oc1ccccc1.CCCCN(CCCC)c1cc(C(=O)O)cc(NCC2=CC=CC2)c1Oc1ccccc1.CCCCN(CCCC)c1cc(C(=O)O)cc(NCc2ccccc2)c1Oc1ccccc1. The van der Waals surface area contributed by atoms with Gasteiger partial charge >= 0.3 is 23.9 Å². The molecule has 22 heteroatoms. The molecular formula is C108H148N10O12. The van der Waals surface area contributed by atoms with Crippen LogP contribution in [0, 0.1) is 0 Å². The van der Waals surface area contributed by atoms with Crippen molar-refractivity contribution < 1.29 is 58.6 Å². The molecule has 2 fully saturated rings. The van der Waals surface area contributed by atoms with Crippen LogP contribution in [0.4, 0.5) is 45.5 Å². The number of benzene rings is 9. The van der Waals surface area contributed by atoms with Gasteiger partial charge in [0.2, 0.25) is 0 Å². The highest BCUT2D eigenvalue weighted by Crippen LogP contribution is 2.46. The van der Waals surface area contributed by atoms with E-state index >= 15 is 0 Å². The maximum Gasteiger partial charge on any atom is 0.335 e. The van der Waals surface area contributed by atoms with E-state index < -0.39 is 23.9 Å². The lowest BCUT2D eigenvalue weighted by Gasteiger charge is -2.29. The summed E-state index contributed by atoms with van der Waals surface area (Å²) >= 11 is 0.